The maximum absolute atomic E-state index is 12.2. The topological polar surface area (TPSA) is 188 Å². The number of hydrogen-bond acceptors (Lipinski definition) is 9. The fourth-order valence-corrected chi connectivity index (χ4v) is 4.05. The Morgan fingerprint density at radius 2 is 1.43 bits per heavy atom. The summed E-state index contributed by atoms with van der Waals surface area (Å²) in [7, 11) is 0. The molecule has 2 heterocycles. The monoisotopic (exact) mass is 498 g/mol. The van der Waals surface area contributed by atoms with Gasteiger partial charge in [-0.3, -0.25) is 48.4 Å². The predicted octanol–water partition coefficient (Wildman–Crippen LogP) is -2.61. The van der Waals surface area contributed by atoms with Crippen molar-refractivity contribution in [3.8, 4) is 0 Å². The molecule has 2 aliphatic rings. The van der Waals surface area contributed by atoms with E-state index in [-0.39, 0.29) is 77.5 Å². The molecule has 2 rings (SSSR count). The van der Waals surface area contributed by atoms with Crippen LogP contribution < -0.4 is 5.32 Å². The molecule has 2 fully saturated rings. The van der Waals surface area contributed by atoms with Crippen LogP contribution in [-0.4, -0.2) is 142 Å². The Morgan fingerprint density at radius 3 is 1.89 bits per heavy atom. The van der Waals surface area contributed by atoms with Crippen molar-refractivity contribution in [3.63, 3.8) is 0 Å². The highest BCUT2D eigenvalue weighted by Gasteiger charge is 2.30. The quantitative estimate of drug-likeness (QED) is 0.206. The van der Waals surface area contributed by atoms with Gasteiger partial charge in [0.05, 0.1) is 19.5 Å². The molecule has 0 aromatic carbocycles. The molecule has 0 aliphatic carbocycles. The zero-order valence-electron chi connectivity index (χ0n) is 19.4. The number of nitrogens with zero attached hydrogens (tertiary/aromatic N) is 4. The lowest BCUT2D eigenvalue weighted by Crippen LogP contribution is -2.47. The molecule has 0 unspecified atom stereocenters. The highest BCUT2D eigenvalue weighted by Crippen LogP contribution is 2.12. The third kappa shape index (κ3) is 9.58. The van der Waals surface area contributed by atoms with Crippen LogP contribution in [0.4, 0.5) is 0 Å². The van der Waals surface area contributed by atoms with E-state index in [9.17, 15) is 33.9 Å². The molecule has 1 radical (unpaired) electrons. The van der Waals surface area contributed by atoms with E-state index in [0.29, 0.717) is 13.1 Å². The molecule has 4 N–H and O–H groups in total. The largest absolute Gasteiger partial charge is 0.480 e. The molecule has 1 atom stereocenters. The van der Waals surface area contributed by atoms with Crippen LogP contribution in [0, 0.1) is 6.42 Å². The van der Waals surface area contributed by atoms with E-state index >= 15 is 0 Å². The minimum absolute atomic E-state index is 0.0195. The standard InChI is InChI=1S/C21H32N5O9/c27-16(22-5-6-26-17(28)3-4-18(26)29)2-1-15(21(34)35)25-11-9-23(13-19(30)31)7-8-24(10-12-25)14-20(32)33/h3,15H,1-2,4-14H2,(H,22,27)(H,30,31)(H,32,33)(H,34,35)/t15-/m0/s1. The average molecular weight is 499 g/mol. The van der Waals surface area contributed by atoms with Crippen LogP contribution in [-0.2, 0) is 28.8 Å². The summed E-state index contributed by atoms with van der Waals surface area (Å²) in [5.41, 5.74) is 0. The number of carboxylic acid groups (broad SMARTS) is 3. The van der Waals surface area contributed by atoms with Crippen molar-refractivity contribution < 1.29 is 44.1 Å². The summed E-state index contributed by atoms with van der Waals surface area (Å²) in [5.74, 6) is -4.39. The number of carboxylic acids is 3. The zero-order valence-corrected chi connectivity index (χ0v) is 19.4. The van der Waals surface area contributed by atoms with Gasteiger partial charge in [0.25, 0.3) is 0 Å². The Morgan fingerprint density at radius 1 is 0.886 bits per heavy atom. The van der Waals surface area contributed by atoms with E-state index in [0.717, 1.165) is 4.90 Å². The van der Waals surface area contributed by atoms with E-state index in [1.807, 2.05) is 0 Å². The second-order valence-corrected chi connectivity index (χ2v) is 8.41. The van der Waals surface area contributed by atoms with Gasteiger partial charge in [0.1, 0.15) is 6.04 Å². The Balaban J connectivity index is 1.94. The van der Waals surface area contributed by atoms with E-state index in [2.05, 4.69) is 5.32 Å². The van der Waals surface area contributed by atoms with Crippen LogP contribution in [0.5, 0.6) is 0 Å². The molecule has 0 aromatic rings. The molecular formula is C21H32N5O9. The van der Waals surface area contributed by atoms with Gasteiger partial charge in [-0.15, -0.1) is 0 Å². The van der Waals surface area contributed by atoms with Crippen molar-refractivity contribution in [3.05, 3.63) is 6.42 Å². The molecule has 0 aromatic heterocycles. The van der Waals surface area contributed by atoms with E-state index in [4.69, 9.17) is 10.2 Å². The number of aliphatic carboxylic acids is 3. The van der Waals surface area contributed by atoms with Crippen molar-refractivity contribution in [1.82, 2.24) is 24.9 Å². The molecule has 35 heavy (non-hydrogen) atoms. The normalized spacial score (nSPS) is 19.6. The Kier molecular flexibility index (Phi) is 11.0. The number of imide groups is 1. The second kappa shape index (κ2) is 13.7. The summed E-state index contributed by atoms with van der Waals surface area (Å²) in [4.78, 5) is 75.7. The molecule has 0 bridgehead atoms. The molecule has 195 valence electrons. The van der Waals surface area contributed by atoms with E-state index < -0.39 is 35.8 Å². The van der Waals surface area contributed by atoms with Gasteiger partial charge in [-0.05, 0) is 6.42 Å². The summed E-state index contributed by atoms with van der Waals surface area (Å²) < 4.78 is 0. The first-order chi connectivity index (χ1) is 16.6. The van der Waals surface area contributed by atoms with Gasteiger partial charge < -0.3 is 20.6 Å². The lowest BCUT2D eigenvalue weighted by Gasteiger charge is -2.30. The van der Waals surface area contributed by atoms with Crippen LogP contribution in [0.25, 0.3) is 0 Å². The number of rotatable bonds is 12. The summed E-state index contributed by atoms with van der Waals surface area (Å²) >= 11 is 0. The fraction of sp³-hybridized carbons (Fsp3) is 0.667. The van der Waals surface area contributed by atoms with Crippen molar-refractivity contribution in [2.24, 2.45) is 0 Å². The first kappa shape index (κ1) is 28.1. The van der Waals surface area contributed by atoms with Crippen molar-refractivity contribution in [2.45, 2.75) is 25.3 Å². The molecule has 2 saturated heterocycles. The first-order valence-electron chi connectivity index (χ1n) is 11.4. The van der Waals surface area contributed by atoms with Gasteiger partial charge in [-0.1, -0.05) is 0 Å². The molecule has 14 heteroatoms. The van der Waals surface area contributed by atoms with Crippen molar-refractivity contribution in [1.29, 1.82) is 0 Å². The van der Waals surface area contributed by atoms with Gasteiger partial charge in [0, 0.05) is 65.2 Å². The molecule has 2 aliphatic heterocycles. The lowest BCUT2D eigenvalue weighted by molar-refractivity contribution is -0.145. The maximum atomic E-state index is 12.2. The molecule has 3 amide bonds. The van der Waals surface area contributed by atoms with Crippen LogP contribution >= 0.6 is 0 Å². The van der Waals surface area contributed by atoms with Crippen molar-refractivity contribution in [2.75, 3.05) is 65.4 Å². The smallest absolute Gasteiger partial charge is 0.320 e. The van der Waals surface area contributed by atoms with Crippen LogP contribution in [0.15, 0.2) is 0 Å². The highest BCUT2D eigenvalue weighted by molar-refractivity contribution is 6.07. The molecular weight excluding hydrogens is 466 g/mol. The molecule has 0 saturated carbocycles. The summed E-state index contributed by atoms with van der Waals surface area (Å²) in [6, 6.07) is -1.03. The minimum atomic E-state index is -1.14. The number of amides is 3. The van der Waals surface area contributed by atoms with Crippen molar-refractivity contribution >= 4 is 35.6 Å². The summed E-state index contributed by atoms with van der Waals surface area (Å²) in [6.45, 7) is 1.26. The Labute approximate surface area is 202 Å². The molecule has 14 nitrogen and oxygen atoms in total. The Bertz CT molecular complexity index is 777. The van der Waals surface area contributed by atoms with Crippen LogP contribution in [0.2, 0.25) is 0 Å². The van der Waals surface area contributed by atoms with Gasteiger partial charge in [-0.2, -0.15) is 0 Å². The minimum Gasteiger partial charge on any atom is -0.480 e. The third-order valence-electron chi connectivity index (χ3n) is 5.90. The fourth-order valence-electron chi connectivity index (χ4n) is 4.05. The van der Waals surface area contributed by atoms with Gasteiger partial charge >= 0.3 is 17.9 Å². The zero-order chi connectivity index (χ0) is 26.0. The van der Waals surface area contributed by atoms with E-state index in [1.54, 1.807) is 14.7 Å². The number of nitrogens with one attached hydrogen (secondary N) is 1. The van der Waals surface area contributed by atoms with E-state index in [1.165, 1.54) is 6.42 Å². The van der Waals surface area contributed by atoms with Crippen LogP contribution in [0.3, 0.4) is 0 Å². The van der Waals surface area contributed by atoms with Gasteiger partial charge in [0.2, 0.25) is 17.7 Å². The summed E-state index contributed by atoms with van der Waals surface area (Å²) in [6.07, 6.45) is 1.17. The number of likely N-dealkylation sites (tertiary alicyclic amines) is 1. The van der Waals surface area contributed by atoms with Gasteiger partial charge in [-0.25, -0.2) is 0 Å². The van der Waals surface area contributed by atoms with Crippen LogP contribution in [0.1, 0.15) is 19.3 Å². The van der Waals surface area contributed by atoms with Gasteiger partial charge in [0.15, 0.2) is 0 Å². The number of carbonyl (C=O) groups excluding carboxylic acids is 3. The summed E-state index contributed by atoms with van der Waals surface area (Å²) in [5, 5.41) is 30.7. The maximum Gasteiger partial charge on any atom is 0.320 e. The number of carbonyl (C=O) groups is 6. The Hall–Kier alpha value is -3.10. The first-order valence-corrected chi connectivity index (χ1v) is 11.4. The predicted molar refractivity (Wildman–Crippen MR) is 119 cm³/mol. The average Bonchev–Trinajstić information content (AvgIpc) is 3.12. The second-order valence-electron chi connectivity index (χ2n) is 8.41. The molecule has 0 spiro atoms. The lowest BCUT2D eigenvalue weighted by atomic mass is 10.1. The highest BCUT2D eigenvalue weighted by atomic mass is 16.4. The number of hydrogen-bond donors (Lipinski definition) is 4. The third-order valence-corrected chi connectivity index (χ3v) is 5.90. The SMILES string of the molecule is O=C(O)CN1CCN(CC(=O)O)CCN([C@@H](CCC(=O)NCCN2C(=O)[CH]CC2=O)C(=O)O)CC1.